The molecule has 2 rings (SSSR count). The summed E-state index contributed by atoms with van der Waals surface area (Å²) in [5.74, 6) is 0.288. The molecule has 0 radical (unpaired) electrons. The van der Waals surface area contributed by atoms with Crippen LogP contribution < -0.4 is 15.0 Å². The second-order valence-electron chi connectivity index (χ2n) is 5.91. The molecule has 0 bridgehead atoms. The second kappa shape index (κ2) is 11.1. The van der Waals surface area contributed by atoms with Gasteiger partial charge < -0.3 is 24.5 Å². The Morgan fingerprint density at radius 2 is 1.81 bits per heavy atom. The lowest BCUT2D eigenvalue weighted by Gasteiger charge is -2.18. The number of phenolic OH excluding ortho intramolecular Hbond substituents is 1. The monoisotopic (exact) mass is 375 g/mol. The normalized spacial score (nSPS) is 12.8. The van der Waals surface area contributed by atoms with Gasteiger partial charge >= 0.3 is 5.97 Å². The van der Waals surface area contributed by atoms with Crippen molar-refractivity contribution in [3.63, 3.8) is 0 Å². The Bertz CT molecular complexity index is 694. The first kappa shape index (κ1) is 20.5. The van der Waals surface area contributed by atoms with E-state index >= 15 is 0 Å². The number of carbonyl (C=O) groups excluding carboxylic acids is 1. The number of hydroxylamine groups is 1. The highest BCUT2D eigenvalue weighted by molar-refractivity contribution is 5.74. The van der Waals surface area contributed by atoms with Gasteiger partial charge in [0.05, 0.1) is 6.54 Å². The number of nitrogens with one attached hydrogen (secondary N) is 1. The summed E-state index contributed by atoms with van der Waals surface area (Å²) in [5.41, 5.74) is 2.44. The minimum atomic E-state index is -0.933. The smallest absolute Gasteiger partial charge is 0.365 e. The molecule has 2 atom stereocenters. The van der Waals surface area contributed by atoms with E-state index in [0.29, 0.717) is 12.2 Å². The molecule has 0 amide bonds. The zero-order valence-electron chi connectivity index (χ0n) is 15.2. The number of aliphatic hydroxyl groups is 1. The van der Waals surface area contributed by atoms with Crippen molar-refractivity contribution < 1.29 is 29.3 Å². The quantitative estimate of drug-likeness (QED) is 0.519. The van der Waals surface area contributed by atoms with E-state index in [1.165, 1.54) is 6.07 Å². The third-order valence-electron chi connectivity index (χ3n) is 3.62. The van der Waals surface area contributed by atoms with Crippen LogP contribution in [-0.2, 0) is 9.63 Å². The van der Waals surface area contributed by atoms with Crippen LogP contribution in [0.15, 0.2) is 54.6 Å². The summed E-state index contributed by atoms with van der Waals surface area (Å²) in [4.78, 5) is 17.2. The maximum atomic E-state index is 12.2. The SMILES string of the molecule is CCCC(Oc1ccccc1)C(=O)ONCC(O)COc1ccccc1O. The number of carbonyl (C=O) groups is 1. The van der Waals surface area contributed by atoms with Crippen molar-refractivity contribution in [3.8, 4) is 17.2 Å². The standard InChI is InChI=1S/C20H25NO6/c1-2-8-19(26-16-9-4-3-5-10-16)20(24)27-21-13-15(22)14-25-18-12-7-6-11-17(18)23/h3-7,9-12,15,19,21-23H,2,8,13-14H2,1H3. The van der Waals surface area contributed by atoms with Gasteiger partial charge in [-0.15, -0.1) is 0 Å². The van der Waals surface area contributed by atoms with E-state index in [-0.39, 0.29) is 24.7 Å². The van der Waals surface area contributed by atoms with Gasteiger partial charge in [0.15, 0.2) is 17.6 Å². The predicted octanol–water partition coefficient (Wildman–Crippen LogP) is 2.43. The Morgan fingerprint density at radius 1 is 1.11 bits per heavy atom. The van der Waals surface area contributed by atoms with Gasteiger partial charge in [-0.3, -0.25) is 0 Å². The fourth-order valence-corrected chi connectivity index (χ4v) is 2.25. The number of rotatable bonds is 11. The van der Waals surface area contributed by atoms with E-state index in [1.54, 1.807) is 30.3 Å². The molecule has 3 N–H and O–H groups in total. The Morgan fingerprint density at radius 3 is 2.52 bits per heavy atom. The van der Waals surface area contributed by atoms with Gasteiger partial charge in [0, 0.05) is 0 Å². The lowest BCUT2D eigenvalue weighted by molar-refractivity contribution is -0.161. The van der Waals surface area contributed by atoms with Crippen LogP contribution in [0.2, 0.25) is 0 Å². The molecule has 0 aromatic heterocycles. The molecule has 0 saturated heterocycles. The van der Waals surface area contributed by atoms with Crippen LogP contribution in [0.4, 0.5) is 0 Å². The van der Waals surface area contributed by atoms with E-state index in [2.05, 4.69) is 5.48 Å². The molecule has 0 fully saturated rings. The van der Waals surface area contributed by atoms with Gasteiger partial charge in [-0.1, -0.05) is 43.7 Å². The van der Waals surface area contributed by atoms with E-state index < -0.39 is 18.2 Å². The van der Waals surface area contributed by atoms with Crippen LogP contribution in [-0.4, -0.2) is 41.5 Å². The van der Waals surface area contributed by atoms with E-state index in [1.807, 2.05) is 25.1 Å². The average molecular weight is 375 g/mol. The number of aliphatic hydroxyl groups excluding tert-OH is 1. The Kier molecular flexibility index (Phi) is 8.41. The molecule has 0 aliphatic heterocycles. The van der Waals surface area contributed by atoms with E-state index in [0.717, 1.165) is 6.42 Å². The van der Waals surface area contributed by atoms with E-state index in [9.17, 15) is 15.0 Å². The lowest BCUT2D eigenvalue weighted by Crippen LogP contribution is -2.38. The second-order valence-corrected chi connectivity index (χ2v) is 5.91. The van der Waals surface area contributed by atoms with Crippen LogP contribution in [0.3, 0.4) is 0 Å². The lowest BCUT2D eigenvalue weighted by atomic mass is 10.2. The summed E-state index contributed by atoms with van der Waals surface area (Å²) in [6.45, 7) is 1.85. The Balaban J connectivity index is 1.73. The largest absolute Gasteiger partial charge is 0.504 e. The highest BCUT2D eigenvalue weighted by atomic mass is 16.7. The molecule has 0 aliphatic carbocycles. The van der Waals surface area contributed by atoms with Crippen molar-refractivity contribution in [1.82, 2.24) is 5.48 Å². The van der Waals surface area contributed by atoms with Crippen molar-refractivity contribution in [2.75, 3.05) is 13.2 Å². The maximum absolute atomic E-state index is 12.2. The molecule has 146 valence electrons. The van der Waals surface area contributed by atoms with Gasteiger partial charge in [-0.2, -0.15) is 5.48 Å². The number of ether oxygens (including phenoxy) is 2. The summed E-state index contributed by atoms with van der Waals surface area (Å²) >= 11 is 0. The molecule has 0 spiro atoms. The molecule has 27 heavy (non-hydrogen) atoms. The average Bonchev–Trinajstić information content (AvgIpc) is 2.68. The van der Waals surface area contributed by atoms with Gasteiger partial charge in [0.25, 0.3) is 0 Å². The first-order chi connectivity index (χ1) is 13.1. The van der Waals surface area contributed by atoms with Gasteiger partial charge in [0.1, 0.15) is 18.5 Å². The molecule has 2 aromatic carbocycles. The molecule has 0 saturated carbocycles. The number of hydrogen-bond acceptors (Lipinski definition) is 7. The predicted molar refractivity (Wildman–Crippen MR) is 99.5 cm³/mol. The minimum absolute atomic E-state index is 0.00967. The van der Waals surface area contributed by atoms with Crippen molar-refractivity contribution in [1.29, 1.82) is 0 Å². The number of aromatic hydroxyl groups is 1. The maximum Gasteiger partial charge on any atom is 0.365 e. The number of hydrogen-bond donors (Lipinski definition) is 3. The first-order valence-corrected chi connectivity index (χ1v) is 8.84. The van der Waals surface area contributed by atoms with Crippen molar-refractivity contribution in [2.45, 2.75) is 32.0 Å². The molecular formula is C20H25NO6. The van der Waals surface area contributed by atoms with Gasteiger partial charge in [-0.05, 0) is 30.7 Å². The Hall–Kier alpha value is -2.77. The third-order valence-corrected chi connectivity index (χ3v) is 3.62. The fourth-order valence-electron chi connectivity index (χ4n) is 2.25. The first-order valence-electron chi connectivity index (χ1n) is 8.84. The van der Waals surface area contributed by atoms with Gasteiger partial charge in [0.2, 0.25) is 0 Å². The zero-order chi connectivity index (χ0) is 19.5. The molecule has 7 nitrogen and oxygen atoms in total. The summed E-state index contributed by atoms with van der Waals surface area (Å²) < 4.78 is 11.0. The Labute approximate surface area is 158 Å². The van der Waals surface area contributed by atoms with Crippen LogP contribution >= 0.6 is 0 Å². The molecule has 2 aromatic rings. The highest BCUT2D eigenvalue weighted by Gasteiger charge is 2.22. The number of phenols is 1. The van der Waals surface area contributed by atoms with Crippen LogP contribution in [0.1, 0.15) is 19.8 Å². The zero-order valence-corrected chi connectivity index (χ0v) is 15.2. The molecule has 0 aliphatic rings. The minimum Gasteiger partial charge on any atom is -0.504 e. The van der Waals surface area contributed by atoms with Crippen molar-refractivity contribution in [2.24, 2.45) is 0 Å². The van der Waals surface area contributed by atoms with Crippen molar-refractivity contribution >= 4 is 5.97 Å². The molecular weight excluding hydrogens is 350 g/mol. The van der Waals surface area contributed by atoms with Crippen LogP contribution in [0.25, 0.3) is 0 Å². The fraction of sp³-hybridized carbons (Fsp3) is 0.350. The van der Waals surface area contributed by atoms with Crippen molar-refractivity contribution in [3.05, 3.63) is 54.6 Å². The highest BCUT2D eigenvalue weighted by Crippen LogP contribution is 2.24. The summed E-state index contributed by atoms with van der Waals surface area (Å²) in [6.07, 6.45) is -0.408. The van der Waals surface area contributed by atoms with Gasteiger partial charge in [-0.25, -0.2) is 4.79 Å². The van der Waals surface area contributed by atoms with Crippen LogP contribution in [0.5, 0.6) is 17.2 Å². The summed E-state index contributed by atoms with van der Waals surface area (Å²) in [6, 6.07) is 15.5. The van der Waals surface area contributed by atoms with Crippen LogP contribution in [0, 0.1) is 0 Å². The third kappa shape index (κ3) is 7.16. The molecule has 2 unspecified atom stereocenters. The summed E-state index contributed by atoms with van der Waals surface area (Å²) in [5, 5.41) is 19.5. The number of para-hydroxylation sites is 3. The van der Waals surface area contributed by atoms with E-state index in [4.69, 9.17) is 14.3 Å². The number of benzene rings is 2. The molecule has 7 heteroatoms. The molecule has 0 heterocycles. The topological polar surface area (TPSA) is 97.3 Å². The summed E-state index contributed by atoms with van der Waals surface area (Å²) in [7, 11) is 0.